The molecule has 0 radical (unpaired) electrons. The normalized spacial score (nSPS) is 20.7. The molecule has 7 heteroatoms. The molecular weight excluding hydrogens is 290 g/mol. The Balaban J connectivity index is 1.57. The maximum absolute atomic E-state index is 12.0. The van der Waals surface area contributed by atoms with Gasteiger partial charge in [-0.15, -0.1) is 0 Å². The summed E-state index contributed by atoms with van der Waals surface area (Å²) >= 11 is 0. The van der Waals surface area contributed by atoms with Crippen molar-refractivity contribution in [2.24, 2.45) is 5.92 Å². The topological polar surface area (TPSA) is 81.1 Å². The number of imidazole rings is 1. The van der Waals surface area contributed by atoms with Gasteiger partial charge in [-0.1, -0.05) is 12.1 Å². The molecule has 2 aromatic rings. The van der Waals surface area contributed by atoms with Gasteiger partial charge in [-0.3, -0.25) is 4.79 Å². The van der Waals surface area contributed by atoms with Crippen molar-refractivity contribution >= 4 is 26.8 Å². The molecule has 1 unspecified atom stereocenters. The number of nitrogens with one attached hydrogen (secondary N) is 1. The summed E-state index contributed by atoms with van der Waals surface area (Å²) in [5, 5.41) is 2.81. The van der Waals surface area contributed by atoms with Gasteiger partial charge in [0.05, 0.1) is 28.9 Å². The molecule has 1 N–H and O–H groups in total. The number of nitrogens with zero attached hydrogens (tertiary/aromatic N) is 2. The van der Waals surface area contributed by atoms with E-state index in [4.69, 9.17) is 0 Å². The standard InChI is InChI=1S/C14H17N3O3S/c18-14(15-7-11-5-6-21(19,20)9-11)8-17-10-16-12-3-1-2-4-13(12)17/h1-4,10-11H,5-9H2,(H,15,18). The van der Waals surface area contributed by atoms with E-state index in [1.54, 1.807) is 10.9 Å². The summed E-state index contributed by atoms with van der Waals surface area (Å²) < 4.78 is 24.5. The van der Waals surface area contributed by atoms with Crippen LogP contribution in [0.2, 0.25) is 0 Å². The number of rotatable bonds is 4. The second-order valence-electron chi connectivity index (χ2n) is 5.43. The minimum Gasteiger partial charge on any atom is -0.354 e. The van der Waals surface area contributed by atoms with Gasteiger partial charge in [-0.05, 0) is 24.5 Å². The Morgan fingerprint density at radius 2 is 2.19 bits per heavy atom. The summed E-state index contributed by atoms with van der Waals surface area (Å²) in [7, 11) is -2.89. The Labute approximate surface area is 123 Å². The van der Waals surface area contributed by atoms with Gasteiger partial charge in [0, 0.05) is 6.54 Å². The Bertz CT molecular complexity index is 767. The Kier molecular flexibility index (Phi) is 3.67. The lowest BCUT2D eigenvalue weighted by Gasteiger charge is -2.10. The first-order valence-corrected chi connectivity index (χ1v) is 8.73. The number of para-hydroxylation sites is 2. The van der Waals surface area contributed by atoms with Crippen molar-refractivity contribution in [3.8, 4) is 0 Å². The van der Waals surface area contributed by atoms with E-state index in [1.807, 2.05) is 24.3 Å². The van der Waals surface area contributed by atoms with E-state index in [9.17, 15) is 13.2 Å². The summed E-state index contributed by atoms with van der Waals surface area (Å²) in [5.74, 6) is 0.335. The molecule has 2 heterocycles. The van der Waals surface area contributed by atoms with Crippen LogP contribution in [-0.4, -0.2) is 41.9 Å². The highest BCUT2D eigenvalue weighted by molar-refractivity contribution is 7.91. The summed E-state index contributed by atoms with van der Waals surface area (Å²) in [6, 6.07) is 7.62. The van der Waals surface area contributed by atoms with Gasteiger partial charge in [0.2, 0.25) is 5.91 Å². The van der Waals surface area contributed by atoms with Crippen molar-refractivity contribution in [2.75, 3.05) is 18.1 Å². The monoisotopic (exact) mass is 307 g/mol. The van der Waals surface area contributed by atoms with Crippen LogP contribution in [-0.2, 0) is 21.2 Å². The highest BCUT2D eigenvalue weighted by Gasteiger charge is 2.27. The van der Waals surface area contributed by atoms with Crippen LogP contribution in [0.15, 0.2) is 30.6 Å². The summed E-state index contributed by atoms with van der Waals surface area (Å²) in [6.07, 6.45) is 2.28. The number of amides is 1. The Hall–Kier alpha value is -1.89. The average Bonchev–Trinajstić information content (AvgIpc) is 3.01. The van der Waals surface area contributed by atoms with Crippen molar-refractivity contribution in [2.45, 2.75) is 13.0 Å². The van der Waals surface area contributed by atoms with Gasteiger partial charge in [0.25, 0.3) is 0 Å². The molecule has 0 spiro atoms. The van der Waals surface area contributed by atoms with Crippen molar-refractivity contribution in [1.29, 1.82) is 0 Å². The number of sulfone groups is 1. The molecule has 1 aromatic carbocycles. The minimum atomic E-state index is -2.89. The van der Waals surface area contributed by atoms with Crippen LogP contribution in [0.4, 0.5) is 0 Å². The lowest BCUT2D eigenvalue weighted by molar-refractivity contribution is -0.121. The first kappa shape index (κ1) is 14.1. The maximum atomic E-state index is 12.0. The fourth-order valence-electron chi connectivity index (χ4n) is 2.64. The molecule has 112 valence electrons. The highest BCUT2D eigenvalue weighted by Crippen LogP contribution is 2.17. The van der Waals surface area contributed by atoms with Crippen LogP contribution in [0.1, 0.15) is 6.42 Å². The highest BCUT2D eigenvalue weighted by atomic mass is 32.2. The van der Waals surface area contributed by atoms with Gasteiger partial charge < -0.3 is 9.88 Å². The van der Waals surface area contributed by atoms with E-state index in [0.717, 1.165) is 11.0 Å². The van der Waals surface area contributed by atoms with Crippen LogP contribution in [0.5, 0.6) is 0 Å². The molecule has 0 saturated carbocycles. The molecule has 1 fully saturated rings. The molecule has 1 aromatic heterocycles. The third kappa shape index (κ3) is 3.24. The molecule has 1 saturated heterocycles. The van der Waals surface area contributed by atoms with Gasteiger partial charge in [0.15, 0.2) is 9.84 Å². The van der Waals surface area contributed by atoms with Crippen LogP contribution in [0.3, 0.4) is 0 Å². The Morgan fingerprint density at radius 1 is 1.38 bits per heavy atom. The van der Waals surface area contributed by atoms with E-state index < -0.39 is 9.84 Å². The third-order valence-electron chi connectivity index (χ3n) is 3.76. The quantitative estimate of drug-likeness (QED) is 0.896. The van der Waals surface area contributed by atoms with E-state index >= 15 is 0 Å². The molecule has 1 aliphatic heterocycles. The van der Waals surface area contributed by atoms with Gasteiger partial charge in [-0.25, -0.2) is 13.4 Å². The number of hydrogen-bond acceptors (Lipinski definition) is 4. The Morgan fingerprint density at radius 3 is 2.95 bits per heavy atom. The minimum absolute atomic E-state index is 0.0403. The van der Waals surface area contributed by atoms with Crippen LogP contribution in [0.25, 0.3) is 11.0 Å². The molecule has 0 bridgehead atoms. The maximum Gasteiger partial charge on any atom is 0.240 e. The van der Waals surface area contributed by atoms with E-state index in [2.05, 4.69) is 10.3 Å². The summed E-state index contributed by atoms with van der Waals surface area (Å²) in [5.41, 5.74) is 1.77. The van der Waals surface area contributed by atoms with Crippen molar-refractivity contribution < 1.29 is 13.2 Å². The summed E-state index contributed by atoms with van der Waals surface area (Å²) in [4.78, 5) is 16.2. The number of fused-ring (bicyclic) bond motifs is 1. The molecule has 1 amide bonds. The van der Waals surface area contributed by atoms with E-state index in [1.165, 1.54) is 0 Å². The average molecular weight is 307 g/mol. The first-order valence-electron chi connectivity index (χ1n) is 6.90. The molecule has 1 aliphatic rings. The summed E-state index contributed by atoms with van der Waals surface area (Å²) in [6.45, 7) is 0.616. The molecule has 21 heavy (non-hydrogen) atoms. The van der Waals surface area contributed by atoms with Crippen molar-refractivity contribution in [3.05, 3.63) is 30.6 Å². The first-order chi connectivity index (χ1) is 10.0. The molecule has 6 nitrogen and oxygen atoms in total. The lowest BCUT2D eigenvalue weighted by atomic mass is 10.1. The zero-order chi connectivity index (χ0) is 14.9. The van der Waals surface area contributed by atoms with E-state index in [0.29, 0.717) is 13.0 Å². The number of carbonyl (C=O) groups is 1. The third-order valence-corrected chi connectivity index (χ3v) is 5.59. The van der Waals surface area contributed by atoms with E-state index in [-0.39, 0.29) is 29.9 Å². The smallest absolute Gasteiger partial charge is 0.240 e. The van der Waals surface area contributed by atoms with Crippen molar-refractivity contribution in [3.63, 3.8) is 0 Å². The van der Waals surface area contributed by atoms with Gasteiger partial charge >= 0.3 is 0 Å². The molecule has 0 aliphatic carbocycles. The zero-order valence-corrected chi connectivity index (χ0v) is 12.3. The molecule has 1 atom stereocenters. The van der Waals surface area contributed by atoms with Crippen LogP contribution in [0, 0.1) is 5.92 Å². The number of carbonyl (C=O) groups excluding carboxylic acids is 1. The zero-order valence-electron chi connectivity index (χ0n) is 11.5. The number of hydrogen-bond donors (Lipinski definition) is 1. The molecular formula is C14H17N3O3S. The van der Waals surface area contributed by atoms with Crippen molar-refractivity contribution in [1.82, 2.24) is 14.9 Å². The predicted molar refractivity (Wildman–Crippen MR) is 79.5 cm³/mol. The van der Waals surface area contributed by atoms with Gasteiger partial charge in [-0.2, -0.15) is 0 Å². The SMILES string of the molecule is O=C(Cn1cnc2ccccc21)NCC1CCS(=O)(=O)C1. The number of aromatic nitrogens is 2. The predicted octanol–water partition coefficient (Wildman–Crippen LogP) is 0.587. The fourth-order valence-corrected chi connectivity index (χ4v) is 4.50. The fraction of sp³-hybridized carbons (Fsp3) is 0.429. The second kappa shape index (κ2) is 5.48. The van der Waals surface area contributed by atoms with Crippen LogP contribution < -0.4 is 5.32 Å². The lowest BCUT2D eigenvalue weighted by Crippen LogP contribution is -2.32. The largest absolute Gasteiger partial charge is 0.354 e. The number of benzene rings is 1. The van der Waals surface area contributed by atoms with Crippen LogP contribution >= 0.6 is 0 Å². The molecule has 3 rings (SSSR count). The van der Waals surface area contributed by atoms with Gasteiger partial charge in [0.1, 0.15) is 6.54 Å². The second-order valence-corrected chi connectivity index (χ2v) is 7.66.